The third-order valence-corrected chi connectivity index (χ3v) is 1.94. The van der Waals surface area contributed by atoms with Gasteiger partial charge in [-0.15, -0.1) is 0 Å². The monoisotopic (exact) mass is 160 g/mol. The highest BCUT2D eigenvalue weighted by Gasteiger charge is 2.20. The predicted octanol–water partition coefficient (Wildman–Crippen LogP) is 2.00. The zero-order valence-corrected chi connectivity index (χ0v) is 6.54. The van der Waals surface area contributed by atoms with Crippen LogP contribution in [0.3, 0.4) is 0 Å². The highest BCUT2D eigenvalue weighted by molar-refractivity contribution is 5.93. The zero-order chi connectivity index (χ0) is 8.55. The molecule has 2 heteroatoms. The van der Waals surface area contributed by atoms with Crippen LogP contribution in [-0.4, -0.2) is 5.97 Å². The van der Waals surface area contributed by atoms with Gasteiger partial charge in [0.05, 0.1) is 5.56 Å². The van der Waals surface area contributed by atoms with E-state index in [0.717, 1.165) is 11.1 Å². The summed E-state index contributed by atoms with van der Waals surface area (Å²) in [5, 5.41) is 0. The van der Waals surface area contributed by atoms with Crippen LogP contribution in [0, 0.1) is 0 Å². The molecule has 0 aromatic heterocycles. The number of carbonyl (C=O) groups is 1. The van der Waals surface area contributed by atoms with Crippen molar-refractivity contribution in [2.75, 3.05) is 0 Å². The molecule has 1 aliphatic heterocycles. The molecule has 0 spiro atoms. The fraction of sp³-hybridized carbons (Fsp3) is 0.100. The van der Waals surface area contributed by atoms with Crippen LogP contribution in [0.15, 0.2) is 24.8 Å². The maximum absolute atomic E-state index is 11.0. The highest BCUT2D eigenvalue weighted by Crippen LogP contribution is 2.21. The number of hydrogen-bond acceptors (Lipinski definition) is 2. The number of esters is 1. The second-order valence-electron chi connectivity index (χ2n) is 2.70. The molecule has 0 saturated heterocycles. The van der Waals surface area contributed by atoms with E-state index in [2.05, 4.69) is 6.58 Å². The van der Waals surface area contributed by atoms with Gasteiger partial charge in [-0.2, -0.15) is 0 Å². The predicted molar refractivity (Wildman–Crippen MR) is 45.7 cm³/mol. The average molecular weight is 160 g/mol. The fourth-order valence-corrected chi connectivity index (χ4v) is 1.28. The van der Waals surface area contributed by atoms with Crippen molar-refractivity contribution < 1.29 is 9.53 Å². The lowest BCUT2D eigenvalue weighted by Crippen LogP contribution is -1.92. The third-order valence-electron chi connectivity index (χ3n) is 1.94. The number of ether oxygens (including phenoxy) is 1. The summed E-state index contributed by atoms with van der Waals surface area (Å²) in [5.41, 5.74) is 2.66. The SMILES string of the molecule is C=Cc1ccc2c(c1)COC2=O. The van der Waals surface area contributed by atoms with Crippen molar-refractivity contribution in [2.24, 2.45) is 0 Å². The molecule has 1 aromatic carbocycles. The quantitative estimate of drug-likeness (QED) is 0.587. The van der Waals surface area contributed by atoms with Gasteiger partial charge in [0.25, 0.3) is 0 Å². The largest absolute Gasteiger partial charge is 0.457 e. The maximum Gasteiger partial charge on any atom is 0.338 e. The van der Waals surface area contributed by atoms with E-state index in [-0.39, 0.29) is 5.97 Å². The van der Waals surface area contributed by atoms with Crippen molar-refractivity contribution in [3.63, 3.8) is 0 Å². The number of fused-ring (bicyclic) bond motifs is 1. The summed E-state index contributed by atoms with van der Waals surface area (Å²) >= 11 is 0. The van der Waals surface area contributed by atoms with E-state index in [4.69, 9.17) is 4.74 Å². The molecule has 0 fully saturated rings. The highest BCUT2D eigenvalue weighted by atomic mass is 16.5. The van der Waals surface area contributed by atoms with E-state index in [0.29, 0.717) is 12.2 Å². The molecule has 1 heterocycles. The lowest BCUT2D eigenvalue weighted by Gasteiger charge is -1.95. The van der Waals surface area contributed by atoms with Gasteiger partial charge in [-0.1, -0.05) is 18.7 Å². The van der Waals surface area contributed by atoms with Gasteiger partial charge in [0, 0.05) is 5.56 Å². The van der Waals surface area contributed by atoms with Crippen molar-refractivity contribution in [3.8, 4) is 0 Å². The molecule has 0 atom stereocenters. The smallest absolute Gasteiger partial charge is 0.338 e. The van der Waals surface area contributed by atoms with Gasteiger partial charge < -0.3 is 4.74 Å². The summed E-state index contributed by atoms with van der Waals surface area (Å²) < 4.78 is 4.85. The lowest BCUT2D eigenvalue weighted by molar-refractivity contribution is 0.0535. The first kappa shape index (κ1) is 7.10. The van der Waals surface area contributed by atoms with Gasteiger partial charge in [0.2, 0.25) is 0 Å². The van der Waals surface area contributed by atoms with Gasteiger partial charge >= 0.3 is 5.97 Å². The van der Waals surface area contributed by atoms with Crippen LogP contribution in [0.25, 0.3) is 6.08 Å². The summed E-state index contributed by atoms with van der Waals surface area (Å²) in [7, 11) is 0. The number of rotatable bonds is 1. The van der Waals surface area contributed by atoms with Crippen LogP contribution >= 0.6 is 0 Å². The van der Waals surface area contributed by atoms with E-state index in [1.807, 2.05) is 12.1 Å². The first-order valence-corrected chi connectivity index (χ1v) is 3.74. The fourth-order valence-electron chi connectivity index (χ4n) is 1.28. The van der Waals surface area contributed by atoms with Crippen molar-refractivity contribution in [1.29, 1.82) is 0 Å². The van der Waals surface area contributed by atoms with Crippen LogP contribution in [-0.2, 0) is 11.3 Å². The first-order chi connectivity index (χ1) is 5.81. The molecule has 60 valence electrons. The summed E-state index contributed by atoms with van der Waals surface area (Å²) in [5.74, 6) is -0.222. The Bertz CT molecular complexity index is 353. The molecule has 12 heavy (non-hydrogen) atoms. The van der Waals surface area contributed by atoms with E-state index >= 15 is 0 Å². The maximum atomic E-state index is 11.0. The Morgan fingerprint density at radius 1 is 1.50 bits per heavy atom. The van der Waals surface area contributed by atoms with Crippen LogP contribution < -0.4 is 0 Å². The van der Waals surface area contributed by atoms with Crippen LogP contribution in [0.2, 0.25) is 0 Å². The summed E-state index contributed by atoms with van der Waals surface area (Å²) in [6.07, 6.45) is 1.75. The molecule has 0 N–H and O–H groups in total. The van der Waals surface area contributed by atoms with Crippen LogP contribution in [0.5, 0.6) is 0 Å². The molecule has 0 aliphatic carbocycles. The number of hydrogen-bond donors (Lipinski definition) is 0. The van der Waals surface area contributed by atoms with Gasteiger partial charge in [-0.25, -0.2) is 4.79 Å². The molecule has 0 saturated carbocycles. The van der Waals surface area contributed by atoms with Crippen molar-refractivity contribution in [2.45, 2.75) is 6.61 Å². The number of cyclic esters (lactones) is 1. The molecule has 0 bridgehead atoms. The number of benzene rings is 1. The lowest BCUT2D eigenvalue weighted by atomic mass is 10.1. The molecule has 1 aromatic rings. The minimum atomic E-state index is -0.222. The van der Waals surface area contributed by atoms with Crippen molar-refractivity contribution in [3.05, 3.63) is 41.5 Å². The molecule has 2 rings (SSSR count). The molecular formula is C10H8O2. The van der Waals surface area contributed by atoms with Gasteiger partial charge in [0.15, 0.2) is 0 Å². The Kier molecular flexibility index (Phi) is 1.47. The second kappa shape index (κ2) is 2.48. The molecular weight excluding hydrogens is 152 g/mol. The number of carbonyl (C=O) groups excluding carboxylic acids is 1. The Balaban J connectivity index is 2.55. The van der Waals surface area contributed by atoms with Crippen LogP contribution in [0.4, 0.5) is 0 Å². The molecule has 1 aliphatic rings. The van der Waals surface area contributed by atoms with E-state index < -0.39 is 0 Å². The first-order valence-electron chi connectivity index (χ1n) is 3.74. The summed E-state index contributed by atoms with van der Waals surface area (Å²) in [6, 6.07) is 5.56. The molecule has 2 nitrogen and oxygen atoms in total. The summed E-state index contributed by atoms with van der Waals surface area (Å²) in [4.78, 5) is 11.0. The topological polar surface area (TPSA) is 26.3 Å². The van der Waals surface area contributed by atoms with Gasteiger partial charge in [-0.3, -0.25) is 0 Å². The molecule has 0 radical (unpaired) electrons. The van der Waals surface area contributed by atoms with Crippen molar-refractivity contribution >= 4 is 12.0 Å². The normalized spacial score (nSPS) is 13.8. The second-order valence-corrected chi connectivity index (χ2v) is 2.70. The van der Waals surface area contributed by atoms with Gasteiger partial charge in [-0.05, 0) is 17.7 Å². The molecule has 0 amide bonds. The van der Waals surface area contributed by atoms with E-state index in [1.165, 1.54) is 0 Å². The van der Waals surface area contributed by atoms with E-state index in [1.54, 1.807) is 12.1 Å². The van der Waals surface area contributed by atoms with Crippen LogP contribution in [0.1, 0.15) is 21.5 Å². The minimum absolute atomic E-state index is 0.222. The Morgan fingerprint density at radius 2 is 2.33 bits per heavy atom. The average Bonchev–Trinajstić information content (AvgIpc) is 2.47. The Morgan fingerprint density at radius 3 is 3.08 bits per heavy atom. The summed E-state index contributed by atoms with van der Waals surface area (Å²) in [6.45, 7) is 4.05. The minimum Gasteiger partial charge on any atom is -0.457 e. The zero-order valence-electron chi connectivity index (χ0n) is 6.54. The van der Waals surface area contributed by atoms with Gasteiger partial charge in [0.1, 0.15) is 6.61 Å². The standard InChI is InChI=1S/C10H8O2/c1-2-7-3-4-9-8(5-7)6-12-10(9)11/h2-5H,1,6H2. The molecule has 0 unspecified atom stereocenters. The Labute approximate surface area is 70.5 Å². The van der Waals surface area contributed by atoms with Crippen molar-refractivity contribution in [1.82, 2.24) is 0 Å². The van der Waals surface area contributed by atoms with E-state index in [9.17, 15) is 4.79 Å². The Hall–Kier alpha value is -1.57. The third kappa shape index (κ3) is 0.925.